The van der Waals surface area contributed by atoms with Crippen LogP contribution in [0.3, 0.4) is 0 Å². The van der Waals surface area contributed by atoms with Crippen LogP contribution in [0.25, 0.3) is 0 Å². The van der Waals surface area contributed by atoms with Crippen molar-refractivity contribution in [3.63, 3.8) is 0 Å². The van der Waals surface area contributed by atoms with Crippen LogP contribution in [0.2, 0.25) is 5.02 Å². The van der Waals surface area contributed by atoms with Gasteiger partial charge in [0.15, 0.2) is 0 Å². The Morgan fingerprint density at radius 2 is 2.00 bits per heavy atom. The number of pyridine rings is 1. The van der Waals surface area contributed by atoms with Gasteiger partial charge in [-0.3, -0.25) is 14.7 Å². The summed E-state index contributed by atoms with van der Waals surface area (Å²) in [6, 6.07) is 4.13. The van der Waals surface area contributed by atoms with Crippen LogP contribution in [0.1, 0.15) is 37.7 Å². The van der Waals surface area contributed by atoms with Gasteiger partial charge in [0.2, 0.25) is 5.78 Å². The minimum Gasteiger partial charge on any atom is -0.297 e. The number of nitrogens with zero attached hydrogens (tertiary/aromatic N) is 3. The molecule has 0 aromatic carbocycles. The van der Waals surface area contributed by atoms with Gasteiger partial charge in [-0.2, -0.15) is 18.4 Å². The third-order valence-electron chi connectivity index (χ3n) is 5.32. The number of hydrogen-bond acceptors (Lipinski definition) is 4. The first-order valence-electron chi connectivity index (χ1n) is 8.13. The van der Waals surface area contributed by atoms with Crippen LogP contribution in [0.4, 0.5) is 13.2 Å². The van der Waals surface area contributed by atoms with Crippen molar-refractivity contribution in [3.8, 4) is 6.07 Å². The predicted octanol–water partition coefficient (Wildman–Crippen LogP) is 3.64. The van der Waals surface area contributed by atoms with Gasteiger partial charge in [0.05, 0.1) is 16.5 Å². The van der Waals surface area contributed by atoms with E-state index in [0.717, 1.165) is 18.4 Å². The monoisotopic (exact) mass is 371 g/mol. The highest BCUT2D eigenvalue weighted by molar-refractivity contribution is 6.30. The summed E-state index contributed by atoms with van der Waals surface area (Å²) in [5.74, 6) is -1.69. The molecule has 4 nitrogen and oxygen atoms in total. The molecule has 2 bridgehead atoms. The second-order valence-electron chi connectivity index (χ2n) is 6.79. The quantitative estimate of drug-likeness (QED) is 0.810. The van der Waals surface area contributed by atoms with E-state index in [1.54, 1.807) is 12.3 Å². The fourth-order valence-electron chi connectivity index (χ4n) is 4.14. The summed E-state index contributed by atoms with van der Waals surface area (Å²) in [4.78, 5) is 17.2. The highest BCUT2D eigenvalue weighted by Gasteiger charge is 2.50. The molecule has 2 saturated heterocycles. The fraction of sp³-hybridized carbons (Fsp3) is 0.588. The summed E-state index contributed by atoms with van der Waals surface area (Å²) >= 11 is 6.00. The van der Waals surface area contributed by atoms with Crippen molar-refractivity contribution < 1.29 is 18.0 Å². The number of ketones is 1. The summed E-state index contributed by atoms with van der Waals surface area (Å²) < 4.78 is 37.3. The zero-order valence-electron chi connectivity index (χ0n) is 13.4. The first-order chi connectivity index (χ1) is 11.7. The SMILES string of the molecule is N#CC1(c2cncc(Cl)c2)CC2CCC(C1)N2CCC(=O)C(F)(F)F. The van der Waals surface area contributed by atoms with E-state index in [9.17, 15) is 23.2 Å². The van der Waals surface area contributed by atoms with E-state index >= 15 is 0 Å². The Kier molecular flexibility index (Phi) is 4.78. The lowest BCUT2D eigenvalue weighted by atomic mass is 9.71. The minimum atomic E-state index is -4.78. The fourth-order valence-corrected chi connectivity index (χ4v) is 4.32. The summed E-state index contributed by atoms with van der Waals surface area (Å²) in [5, 5.41) is 10.3. The van der Waals surface area contributed by atoms with E-state index in [1.807, 2.05) is 4.90 Å². The molecule has 134 valence electrons. The van der Waals surface area contributed by atoms with Gasteiger partial charge in [-0.05, 0) is 37.3 Å². The van der Waals surface area contributed by atoms with Crippen LogP contribution < -0.4 is 0 Å². The van der Waals surface area contributed by atoms with E-state index in [4.69, 9.17) is 11.6 Å². The number of nitriles is 1. The van der Waals surface area contributed by atoms with Crippen LogP contribution in [0, 0.1) is 11.3 Å². The van der Waals surface area contributed by atoms with Crippen molar-refractivity contribution in [2.24, 2.45) is 0 Å². The number of piperidine rings is 1. The van der Waals surface area contributed by atoms with Gasteiger partial charge >= 0.3 is 6.18 Å². The maximum Gasteiger partial charge on any atom is 0.450 e. The van der Waals surface area contributed by atoms with Gasteiger partial charge in [-0.1, -0.05) is 11.6 Å². The van der Waals surface area contributed by atoms with Gasteiger partial charge in [0, 0.05) is 37.4 Å². The highest BCUT2D eigenvalue weighted by Crippen LogP contribution is 2.47. The van der Waals surface area contributed by atoms with Crippen molar-refractivity contribution in [2.75, 3.05) is 6.54 Å². The second-order valence-corrected chi connectivity index (χ2v) is 7.22. The van der Waals surface area contributed by atoms with E-state index in [2.05, 4.69) is 11.1 Å². The van der Waals surface area contributed by atoms with Crippen LogP contribution in [0.15, 0.2) is 18.5 Å². The van der Waals surface area contributed by atoms with E-state index in [1.165, 1.54) is 6.20 Å². The molecular formula is C17H17ClF3N3O. The maximum absolute atomic E-state index is 12.4. The maximum atomic E-state index is 12.4. The first-order valence-corrected chi connectivity index (χ1v) is 8.51. The third kappa shape index (κ3) is 3.51. The largest absolute Gasteiger partial charge is 0.450 e. The van der Waals surface area contributed by atoms with Crippen LogP contribution in [-0.4, -0.2) is 40.5 Å². The number of halogens is 4. The lowest BCUT2D eigenvalue weighted by Gasteiger charge is -2.43. The molecule has 2 atom stereocenters. The molecule has 0 amide bonds. The zero-order chi connectivity index (χ0) is 18.2. The van der Waals surface area contributed by atoms with Crippen molar-refractivity contribution in [1.82, 2.24) is 9.88 Å². The Morgan fingerprint density at radius 1 is 1.36 bits per heavy atom. The Bertz CT molecular complexity index is 702. The molecule has 2 unspecified atom stereocenters. The minimum absolute atomic E-state index is 0.00147. The number of Topliss-reactive ketones (excluding diaryl/α,β-unsaturated/α-hetero) is 1. The molecule has 2 aliphatic heterocycles. The van der Waals surface area contributed by atoms with Crippen molar-refractivity contribution >= 4 is 17.4 Å². The summed E-state index contributed by atoms with van der Waals surface area (Å²) in [6.45, 7) is 0.0863. The highest BCUT2D eigenvalue weighted by atomic mass is 35.5. The number of alkyl halides is 3. The molecule has 25 heavy (non-hydrogen) atoms. The molecule has 0 spiro atoms. The van der Waals surface area contributed by atoms with Crippen molar-refractivity contribution in [1.29, 1.82) is 5.26 Å². The molecule has 0 saturated carbocycles. The number of hydrogen-bond donors (Lipinski definition) is 0. The van der Waals surface area contributed by atoms with Crippen LogP contribution in [0.5, 0.6) is 0 Å². The zero-order valence-corrected chi connectivity index (χ0v) is 14.1. The molecule has 8 heteroatoms. The standard InChI is InChI=1S/C17H17ClF3N3O/c18-12-5-11(8-23-9-12)16(10-22)6-13-1-2-14(7-16)24(13)4-3-15(25)17(19,20)21/h5,8-9,13-14H,1-4,6-7H2. The van der Waals surface area contributed by atoms with Gasteiger partial charge in [0.25, 0.3) is 0 Å². The Morgan fingerprint density at radius 3 is 2.52 bits per heavy atom. The van der Waals surface area contributed by atoms with Gasteiger partial charge < -0.3 is 0 Å². The lowest BCUT2D eigenvalue weighted by Crippen LogP contribution is -2.50. The number of rotatable bonds is 4. The number of carbonyl (C=O) groups excluding carboxylic acids is 1. The van der Waals surface area contributed by atoms with E-state index in [0.29, 0.717) is 17.9 Å². The third-order valence-corrected chi connectivity index (χ3v) is 5.53. The summed E-state index contributed by atoms with van der Waals surface area (Å²) in [6.07, 6.45) is 0.502. The normalized spacial score (nSPS) is 29.4. The summed E-state index contributed by atoms with van der Waals surface area (Å²) in [5.41, 5.74) is 0.0271. The number of carbonyl (C=O) groups is 1. The molecule has 0 aliphatic carbocycles. The predicted molar refractivity (Wildman–Crippen MR) is 85.0 cm³/mol. The molecule has 2 aliphatic rings. The molecule has 3 rings (SSSR count). The molecule has 0 radical (unpaired) electrons. The van der Waals surface area contributed by atoms with Crippen molar-refractivity contribution in [2.45, 2.75) is 55.8 Å². The first kappa shape index (κ1) is 18.2. The average molecular weight is 372 g/mol. The van der Waals surface area contributed by atoms with Gasteiger partial charge in [-0.15, -0.1) is 0 Å². The topological polar surface area (TPSA) is 57.0 Å². The average Bonchev–Trinajstić information content (AvgIpc) is 2.80. The van der Waals surface area contributed by atoms with Gasteiger partial charge in [-0.25, -0.2) is 0 Å². The van der Waals surface area contributed by atoms with Gasteiger partial charge in [0.1, 0.15) is 0 Å². The molecule has 1 aromatic heterocycles. The lowest BCUT2D eigenvalue weighted by molar-refractivity contribution is -0.171. The van der Waals surface area contributed by atoms with Crippen LogP contribution in [-0.2, 0) is 10.2 Å². The van der Waals surface area contributed by atoms with Crippen molar-refractivity contribution in [3.05, 3.63) is 29.0 Å². The Hall–Kier alpha value is -1.65. The van der Waals surface area contributed by atoms with Crippen LogP contribution >= 0.6 is 11.6 Å². The Balaban J connectivity index is 1.75. The second kappa shape index (κ2) is 6.58. The molecule has 2 fully saturated rings. The summed E-state index contributed by atoms with van der Waals surface area (Å²) in [7, 11) is 0. The number of fused-ring (bicyclic) bond motifs is 2. The molecule has 0 N–H and O–H groups in total. The molecule has 3 heterocycles. The smallest absolute Gasteiger partial charge is 0.297 e. The Labute approximate surface area is 148 Å². The van der Waals surface area contributed by atoms with E-state index in [-0.39, 0.29) is 18.6 Å². The molecular weight excluding hydrogens is 355 g/mol. The molecule has 1 aromatic rings. The van der Waals surface area contributed by atoms with E-state index < -0.39 is 23.8 Å². The number of aromatic nitrogens is 1.